The summed E-state index contributed by atoms with van der Waals surface area (Å²) in [5.74, 6) is 1.69. The van der Waals surface area contributed by atoms with Crippen molar-refractivity contribution in [3.05, 3.63) is 59.8 Å². The summed E-state index contributed by atoms with van der Waals surface area (Å²) in [4.78, 5) is 34.1. The van der Waals surface area contributed by atoms with Crippen LogP contribution in [0.5, 0.6) is 0 Å². The fraction of sp³-hybridized carbons (Fsp3) is 0.357. The summed E-state index contributed by atoms with van der Waals surface area (Å²) in [5.41, 5.74) is 2.94. The van der Waals surface area contributed by atoms with Crippen molar-refractivity contribution in [2.45, 2.75) is 20.8 Å². The molecule has 0 saturated carbocycles. The number of carbonyl (C=O) groups excluding carboxylic acids is 1. The quantitative estimate of drug-likeness (QED) is 0.305. The average Bonchev–Trinajstić information content (AvgIpc) is 3.34. The van der Waals surface area contributed by atoms with E-state index in [0.29, 0.717) is 18.1 Å². The third kappa shape index (κ3) is 5.55. The van der Waals surface area contributed by atoms with Gasteiger partial charge in [-0.15, -0.1) is 11.3 Å². The lowest BCUT2D eigenvalue weighted by Gasteiger charge is -2.36. The largest absolute Gasteiger partial charge is 0.353 e. The molecule has 2 aromatic heterocycles. The first-order valence-corrected chi connectivity index (χ1v) is 13.4. The highest BCUT2D eigenvalue weighted by Gasteiger charge is 2.25. The van der Waals surface area contributed by atoms with Crippen LogP contribution in [0.1, 0.15) is 26.6 Å². The van der Waals surface area contributed by atoms with Gasteiger partial charge in [-0.1, -0.05) is 42.5 Å². The normalized spacial score (nSPS) is 15.1. The second-order valence-corrected chi connectivity index (χ2v) is 9.49. The highest BCUT2D eigenvalue weighted by atomic mass is 32.1. The molecular weight excluding hydrogens is 468 g/mol. The van der Waals surface area contributed by atoms with E-state index in [4.69, 9.17) is 9.97 Å². The van der Waals surface area contributed by atoms with E-state index >= 15 is 0 Å². The molecule has 0 unspecified atom stereocenters. The van der Waals surface area contributed by atoms with Crippen molar-refractivity contribution in [2.24, 2.45) is 4.99 Å². The Bertz CT molecular complexity index is 1250. The van der Waals surface area contributed by atoms with Gasteiger partial charge in [-0.2, -0.15) is 0 Å². The summed E-state index contributed by atoms with van der Waals surface area (Å²) in [6.45, 7) is 14.9. The molecule has 0 radical (unpaired) electrons. The molecule has 1 fully saturated rings. The molecule has 1 aromatic carbocycles. The summed E-state index contributed by atoms with van der Waals surface area (Å²) in [6, 6.07) is 10.4. The Balaban J connectivity index is 1.69. The molecule has 3 heterocycles. The van der Waals surface area contributed by atoms with Crippen molar-refractivity contribution in [3.63, 3.8) is 0 Å². The predicted octanol–water partition coefficient (Wildman–Crippen LogP) is 4.97. The molecule has 0 N–H and O–H groups in total. The highest BCUT2D eigenvalue weighted by molar-refractivity contribution is 7.17. The topological polar surface area (TPSA) is 64.9 Å². The minimum absolute atomic E-state index is 0.195. The van der Waals surface area contributed by atoms with E-state index in [-0.39, 0.29) is 5.91 Å². The Labute approximate surface area is 217 Å². The van der Waals surface area contributed by atoms with Crippen LogP contribution in [0.15, 0.2) is 58.9 Å². The molecule has 188 valence electrons. The van der Waals surface area contributed by atoms with Gasteiger partial charge >= 0.3 is 0 Å². The molecule has 3 aromatic rings. The van der Waals surface area contributed by atoms with Crippen LogP contribution < -0.4 is 4.90 Å². The van der Waals surface area contributed by atoms with Gasteiger partial charge in [0.2, 0.25) is 5.91 Å². The lowest BCUT2D eigenvalue weighted by atomic mass is 10.1. The molecule has 1 aliphatic rings. The first kappa shape index (κ1) is 25.7. The van der Waals surface area contributed by atoms with Crippen LogP contribution in [-0.4, -0.2) is 78.2 Å². The van der Waals surface area contributed by atoms with Crippen LogP contribution in [0.25, 0.3) is 27.0 Å². The number of rotatable bonds is 9. The van der Waals surface area contributed by atoms with E-state index in [9.17, 15) is 4.79 Å². The molecule has 0 atom stereocenters. The predicted molar refractivity (Wildman–Crippen MR) is 152 cm³/mol. The van der Waals surface area contributed by atoms with Gasteiger partial charge < -0.3 is 9.80 Å². The van der Waals surface area contributed by atoms with Gasteiger partial charge in [-0.05, 0) is 39.1 Å². The Morgan fingerprint density at radius 1 is 1.14 bits per heavy atom. The fourth-order valence-corrected chi connectivity index (χ4v) is 5.41. The average molecular weight is 503 g/mol. The number of nitrogens with zero attached hydrogens (tertiary/aromatic N) is 6. The van der Waals surface area contributed by atoms with Gasteiger partial charge in [-0.3, -0.25) is 14.7 Å². The summed E-state index contributed by atoms with van der Waals surface area (Å²) >= 11 is 1.62. The number of aromatic nitrogens is 2. The second-order valence-electron chi connectivity index (χ2n) is 8.63. The summed E-state index contributed by atoms with van der Waals surface area (Å²) in [6.07, 6.45) is 5.76. The minimum Gasteiger partial charge on any atom is -0.353 e. The second kappa shape index (κ2) is 12.1. The minimum atomic E-state index is 0.195. The number of aliphatic imine (C=N–C) groups is 1. The first-order chi connectivity index (χ1) is 17.6. The van der Waals surface area contributed by atoms with Crippen molar-refractivity contribution in [1.82, 2.24) is 19.8 Å². The van der Waals surface area contributed by atoms with E-state index in [1.807, 2.05) is 50.0 Å². The van der Waals surface area contributed by atoms with Gasteiger partial charge in [0.25, 0.3) is 0 Å². The smallest absolute Gasteiger partial charge is 0.236 e. The number of benzene rings is 1. The lowest BCUT2D eigenvalue weighted by Crippen LogP contribution is -2.50. The Kier molecular flexibility index (Phi) is 8.61. The molecule has 4 rings (SSSR count). The third-order valence-corrected chi connectivity index (χ3v) is 7.36. The summed E-state index contributed by atoms with van der Waals surface area (Å²) in [5, 5.41) is 3.23. The van der Waals surface area contributed by atoms with E-state index in [2.05, 4.69) is 51.2 Å². The maximum Gasteiger partial charge on any atom is 0.236 e. The van der Waals surface area contributed by atoms with Crippen molar-refractivity contribution in [1.29, 1.82) is 0 Å². The number of thiophene rings is 1. The van der Waals surface area contributed by atoms with E-state index < -0.39 is 0 Å². The van der Waals surface area contributed by atoms with Crippen molar-refractivity contribution < 1.29 is 4.79 Å². The van der Waals surface area contributed by atoms with Crippen LogP contribution in [0.4, 0.5) is 5.82 Å². The monoisotopic (exact) mass is 502 g/mol. The Morgan fingerprint density at radius 2 is 1.86 bits per heavy atom. The maximum atomic E-state index is 12.6. The Morgan fingerprint density at radius 3 is 2.50 bits per heavy atom. The molecule has 7 nitrogen and oxygen atoms in total. The third-order valence-electron chi connectivity index (χ3n) is 6.49. The van der Waals surface area contributed by atoms with E-state index in [0.717, 1.165) is 66.4 Å². The van der Waals surface area contributed by atoms with Crippen LogP contribution in [-0.2, 0) is 4.79 Å². The molecule has 8 heteroatoms. The highest BCUT2D eigenvalue weighted by Crippen LogP contribution is 2.39. The van der Waals surface area contributed by atoms with E-state index in [1.165, 1.54) is 0 Å². The lowest BCUT2D eigenvalue weighted by molar-refractivity contribution is -0.132. The zero-order valence-electron chi connectivity index (χ0n) is 21.4. The van der Waals surface area contributed by atoms with Gasteiger partial charge in [0.05, 0.1) is 11.9 Å². The number of allylic oxidation sites excluding steroid dienone is 3. The molecule has 36 heavy (non-hydrogen) atoms. The van der Waals surface area contributed by atoms with E-state index in [1.54, 1.807) is 11.3 Å². The number of amides is 1. The zero-order chi connectivity index (χ0) is 25.5. The standard InChI is InChI=1S/C28H34N6OS/c1-5-8-14-23(29-4)26-30-27(25-22(20-36-28(25)31-26)21-12-10-9-11-13-21)34-17-15-32(16-18-34)19-24(35)33(6-2)7-3/h5,8-14,20H,4,6-7,15-19H2,1-3H3/b8-5-,23-14-. The molecule has 1 aliphatic heterocycles. The van der Waals surface area contributed by atoms with Crippen LogP contribution in [0, 0.1) is 0 Å². The van der Waals surface area contributed by atoms with Crippen molar-refractivity contribution >= 4 is 45.7 Å². The molecule has 0 aliphatic carbocycles. The first-order valence-electron chi connectivity index (χ1n) is 12.5. The molecule has 1 amide bonds. The molecule has 0 spiro atoms. The zero-order valence-corrected chi connectivity index (χ0v) is 22.2. The number of hydrogen-bond donors (Lipinski definition) is 0. The van der Waals surface area contributed by atoms with Crippen LogP contribution in [0.3, 0.4) is 0 Å². The molecule has 0 bridgehead atoms. The van der Waals surface area contributed by atoms with Crippen LogP contribution >= 0.6 is 11.3 Å². The summed E-state index contributed by atoms with van der Waals surface area (Å²) < 4.78 is 0. The number of hydrogen-bond acceptors (Lipinski definition) is 7. The van der Waals surface area contributed by atoms with Gasteiger partial charge in [0.15, 0.2) is 5.82 Å². The number of likely N-dealkylation sites (N-methyl/N-ethyl adjacent to an activating group) is 1. The number of piperazine rings is 1. The Hall–Kier alpha value is -3.36. The number of anilines is 1. The van der Waals surface area contributed by atoms with Gasteiger partial charge in [-0.25, -0.2) is 9.97 Å². The number of carbonyl (C=O) groups is 1. The molecule has 1 saturated heterocycles. The number of fused-ring (bicyclic) bond motifs is 1. The maximum absolute atomic E-state index is 12.6. The fourth-order valence-electron chi connectivity index (χ4n) is 4.47. The molecular formula is C28H34N6OS. The van der Waals surface area contributed by atoms with Gasteiger partial charge in [0.1, 0.15) is 16.3 Å². The van der Waals surface area contributed by atoms with Crippen molar-refractivity contribution in [2.75, 3.05) is 50.7 Å². The van der Waals surface area contributed by atoms with Crippen LogP contribution in [0.2, 0.25) is 0 Å². The van der Waals surface area contributed by atoms with Gasteiger partial charge in [0, 0.05) is 50.2 Å². The summed E-state index contributed by atoms with van der Waals surface area (Å²) in [7, 11) is 0. The van der Waals surface area contributed by atoms with Crippen molar-refractivity contribution in [3.8, 4) is 11.1 Å². The SMILES string of the molecule is C=N/C(=C\C=C/C)c1nc(N2CCN(CC(=O)N(CC)CC)CC2)c2c(-c3ccccc3)csc2n1.